The van der Waals surface area contributed by atoms with Crippen LogP contribution in [-0.2, 0) is 33.0 Å². The molecule has 1 aliphatic carbocycles. The van der Waals surface area contributed by atoms with Crippen molar-refractivity contribution in [2.24, 2.45) is 5.16 Å². The maximum Gasteiger partial charge on any atom is 0.321 e. The van der Waals surface area contributed by atoms with E-state index in [-0.39, 0.29) is 5.97 Å². The second-order valence-electron chi connectivity index (χ2n) is 10.4. The Morgan fingerprint density at radius 2 is 1.32 bits per heavy atom. The Bertz CT molecular complexity index is 1390. The average Bonchev–Trinajstić information content (AvgIpc) is 3.01. The number of carbonyl (C=O) groups is 1. The van der Waals surface area contributed by atoms with Crippen LogP contribution in [0.2, 0.25) is 0 Å². The summed E-state index contributed by atoms with van der Waals surface area (Å²) in [5.41, 5.74) is 4.38. The van der Waals surface area contributed by atoms with Gasteiger partial charge in [-0.05, 0) is 65.9 Å². The fourth-order valence-electron chi connectivity index (χ4n) is 5.14. The van der Waals surface area contributed by atoms with Crippen LogP contribution in [0.4, 0.5) is 0 Å². The number of aryl methyl sites for hydroxylation is 1. The third-order valence-corrected chi connectivity index (χ3v) is 7.45. The fraction of sp³-hybridized carbons (Fsp3) is 0.257. The highest BCUT2D eigenvalue weighted by molar-refractivity contribution is 5.94. The zero-order valence-corrected chi connectivity index (χ0v) is 22.9. The number of ether oxygens (including phenoxy) is 2. The van der Waals surface area contributed by atoms with Crippen LogP contribution in [0.3, 0.4) is 0 Å². The monoisotopic (exact) mass is 533 g/mol. The Morgan fingerprint density at radius 1 is 0.725 bits per heavy atom. The van der Waals surface area contributed by atoms with Crippen LogP contribution in [0, 0.1) is 6.92 Å². The van der Waals surface area contributed by atoms with Crippen molar-refractivity contribution in [2.75, 3.05) is 0 Å². The summed E-state index contributed by atoms with van der Waals surface area (Å²) in [5.74, 6) is 0.670. The second-order valence-corrected chi connectivity index (χ2v) is 10.4. The molecule has 5 rings (SSSR count). The quantitative estimate of drug-likeness (QED) is 0.0721. The zero-order valence-electron chi connectivity index (χ0n) is 22.9. The van der Waals surface area contributed by atoms with Gasteiger partial charge in [-0.1, -0.05) is 110 Å². The first-order valence-corrected chi connectivity index (χ1v) is 13.9. The molecular formula is C35H35NO4. The van der Waals surface area contributed by atoms with Gasteiger partial charge in [0, 0.05) is 5.56 Å². The predicted octanol–water partition coefficient (Wildman–Crippen LogP) is 7.90. The number of carbonyl (C=O) groups excluding carboxylic acids is 1. The molecule has 0 aliphatic heterocycles. The average molecular weight is 534 g/mol. The van der Waals surface area contributed by atoms with Crippen LogP contribution >= 0.6 is 0 Å². The highest BCUT2D eigenvalue weighted by Crippen LogP contribution is 2.41. The molecule has 204 valence electrons. The minimum absolute atomic E-state index is 0.191. The van der Waals surface area contributed by atoms with E-state index in [2.05, 4.69) is 36.3 Å². The van der Waals surface area contributed by atoms with Gasteiger partial charge in [-0.25, -0.2) is 0 Å². The van der Waals surface area contributed by atoms with E-state index in [1.807, 2.05) is 72.8 Å². The van der Waals surface area contributed by atoms with Crippen molar-refractivity contribution < 1.29 is 19.1 Å². The summed E-state index contributed by atoms with van der Waals surface area (Å²) in [6, 6.07) is 35.3. The lowest BCUT2D eigenvalue weighted by Crippen LogP contribution is -2.41. The highest BCUT2D eigenvalue weighted by atomic mass is 16.6. The number of hydrogen-bond acceptors (Lipinski definition) is 5. The summed E-state index contributed by atoms with van der Waals surface area (Å²) in [7, 11) is 0. The molecule has 0 radical (unpaired) electrons. The lowest BCUT2D eigenvalue weighted by molar-refractivity contribution is -0.142. The zero-order chi connectivity index (χ0) is 27.6. The molecule has 4 aromatic carbocycles. The van der Waals surface area contributed by atoms with E-state index in [1.54, 1.807) is 12.1 Å². The molecule has 0 spiro atoms. The summed E-state index contributed by atoms with van der Waals surface area (Å²) in [6.45, 7) is 2.74. The molecule has 0 aromatic heterocycles. The van der Waals surface area contributed by atoms with Crippen molar-refractivity contribution in [3.8, 4) is 5.75 Å². The number of hydrogen-bond donors (Lipinski definition) is 0. The van der Waals surface area contributed by atoms with E-state index >= 15 is 0 Å². The molecular weight excluding hydrogens is 498 g/mol. The van der Waals surface area contributed by atoms with Crippen LogP contribution in [0.15, 0.2) is 114 Å². The Hall–Kier alpha value is -4.38. The first-order chi connectivity index (χ1) is 19.6. The molecule has 0 heterocycles. The molecule has 0 N–H and O–H groups in total. The van der Waals surface area contributed by atoms with E-state index in [4.69, 9.17) is 14.3 Å². The van der Waals surface area contributed by atoms with Gasteiger partial charge in [0.15, 0.2) is 0 Å². The van der Waals surface area contributed by atoms with Gasteiger partial charge in [-0.2, -0.15) is 0 Å². The lowest BCUT2D eigenvalue weighted by Gasteiger charge is -2.35. The maximum absolute atomic E-state index is 13.6. The Balaban J connectivity index is 1.32. The summed E-state index contributed by atoms with van der Waals surface area (Å²) in [6.07, 6.45) is 4.78. The molecule has 0 saturated heterocycles. The predicted molar refractivity (Wildman–Crippen MR) is 157 cm³/mol. The van der Waals surface area contributed by atoms with Crippen LogP contribution in [0.1, 0.15) is 59.9 Å². The van der Waals surface area contributed by atoms with E-state index in [0.717, 1.165) is 54.4 Å². The summed E-state index contributed by atoms with van der Waals surface area (Å²) >= 11 is 0. The molecule has 1 saturated carbocycles. The molecule has 0 atom stereocenters. The number of esters is 1. The van der Waals surface area contributed by atoms with Gasteiger partial charge < -0.3 is 14.3 Å². The smallest absolute Gasteiger partial charge is 0.321 e. The fourth-order valence-corrected chi connectivity index (χ4v) is 5.14. The van der Waals surface area contributed by atoms with Crippen molar-refractivity contribution >= 4 is 11.9 Å². The number of oxime groups is 1. The third kappa shape index (κ3) is 6.78. The summed E-state index contributed by atoms with van der Waals surface area (Å²) in [5, 5.41) is 4.31. The van der Waals surface area contributed by atoms with Gasteiger partial charge in [0.25, 0.3) is 5.90 Å². The third-order valence-electron chi connectivity index (χ3n) is 7.45. The van der Waals surface area contributed by atoms with Gasteiger partial charge >= 0.3 is 5.97 Å². The summed E-state index contributed by atoms with van der Waals surface area (Å²) in [4.78, 5) is 19.3. The van der Waals surface area contributed by atoms with E-state index in [0.29, 0.717) is 24.9 Å². The van der Waals surface area contributed by atoms with Crippen molar-refractivity contribution in [3.63, 3.8) is 0 Å². The molecule has 1 aliphatic rings. The van der Waals surface area contributed by atoms with Gasteiger partial charge in [-0.3, -0.25) is 4.79 Å². The SMILES string of the molecule is Cc1ccc(C2(C(=O)Oc3ccc(/C(=N\OCc4ccccc4)OCc4ccccc4)cc3)CCCCC2)cc1. The van der Waals surface area contributed by atoms with Gasteiger partial charge in [-0.15, -0.1) is 0 Å². The van der Waals surface area contributed by atoms with Gasteiger partial charge in [0.2, 0.25) is 0 Å². The normalized spacial score (nSPS) is 14.8. The van der Waals surface area contributed by atoms with E-state index in [9.17, 15) is 4.79 Å². The van der Waals surface area contributed by atoms with Crippen LogP contribution in [0.5, 0.6) is 5.75 Å². The maximum atomic E-state index is 13.6. The Labute approximate surface area is 236 Å². The van der Waals surface area contributed by atoms with E-state index in [1.165, 1.54) is 5.56 Å². The van der Waals surface area contributed by atoms with Crippen molar-refractivity contribution in [1.82, 2.24) is 0 Å². The van der Waals surface area contributed by atoms with Crippen molar-refractivity contribution in [3.05, 3.63) is 137 Å². The Morgan fingerprint density at radius 3 is 1.95 bits per heavy atom. The van der Waals surface area contributed by atoms with Gasteiger partial charge in [0.05, 0.1) is 5.41 Å². The minimum Gasteiger partial charge on any atom is -0.470 e. The Kier molecular flexibility index (Phi) is 8.92. The first-order valence-electron chi connectivity index (χ1n) is 13.9. The number of nitrogens with zero attached hydrogens (tertiary/aromatic N) is 1. The van der Waals surface area contributed by atoms with Crippen LogP contribution in [-0.4, -0.2) is 11.9 Å². The number of benzene rings is 4. The summed E-state index contributed by atoms with van der Waals surface area (Å²) < 4.78 is 12.1. The largest absolute Gasteiger partial charge is 0.470 e. The molecule has 0 unspecified atom stereocenters. The van der Waals surface area contributed by atoms with Crippen molar-refractivity contribution in [1.29, 1.82) is 0 Å². The number of rotatable bonds is 9. The van der Waals surface area contributed by atoms with Crippen molar-refractivity contribution in [2.45, 2.75) is 57.7 Å². The standard InChI is InChI=1S/C35H35NO4/c1-27-15-19-31(20-16-27)35(23-9-4-10-24-35)34(37)40-32-21-17-30(18-22-32)33(38-25-28-11-5-2-6-12-28)36-39-26-29-13-7-3-8-14-29/h2-3,5-8,11-22H,4,9-10,23-26H2,1H3/b36-33+. The first kappa shape index (κ1) is 27.2. The molecule has 1 fully saturated rings. The highest BCUT2D eigenvalue weighted by Gasteiger charge is 2.42. The topological polar surface area (TPSA) is 57.1 Å². The molecule has 40 heavy (non-hydrogen) atoms. The van der Waals surface area contributed by atoms with E-state index < -0.39 is 5.41 Å². The van der Waals surface area contributed by atoms with Crippen LogP contribution in [0.25, 0.3) is 0 Å². The molecule has 5 heteroatoms. The van der Waals surface area contributed by atoms with Gasteiger partial charge in [0.1, 0.15) is 19.0 Å². The molecule has 0 amide bonds. The lowest BCUT2D eigenvalue weighted by atomic mass is 9.69. The molecule has 0 bridgehead atoms. The molecule has 5 nitrogen and oxygen atoms in total. The minimum atomic E-state index is -0.610. The second kappa shape index (κ2) is 13.1. The molecule has 4 aromatic rings. The van der Waals surface area contributed by atoms with Crippen LogP contribution < -0.4 is 4.74 Å².